The standard InChI is InChI=1S/C36H62N4O6S2/c1-29(33(19-25-45-3)47-35(43)31-17-15-21-37-31)39(27-41)23-13-11-9-7-5-6-8-10-12-14-24-40(28-42)30(2)34(20-26-46-4)48-36(44)32-18-16-22-38-32/h27-28,31-32,37-38H,5-26H2,1-4H3/b33-29-,34-30-. The Bertz CT molecular complexity index is 948. The van der Waals surface area contributed by atoms with E-state index in [-0.39, 0.29) is 22.3 Å². The Balaban J connectivity index is 1.63. The van der Waals surface area contributed by atoms with Gasteiger partial charge in [-0.15, -0.1) is 0 Å². The maximum atomic E-state index is 12.8. The van der Waals surface area contributed by atoms with E-state index in [1.54, 1.807) is 24.0 Å². The zero-order chi connectivity index (χ0) is 35.0. The number of carbonyl (C=O) groups is 4. The molecule has 0 aromatic carbocycles. The number of nitrogens with zero attached hydrogens (tertiary/aromatic N) is 2. The fourth-order valence-electron chi connectivity index (χ4n) is 6.06. The number of allylic oxidation sites excluding steroid dienone is 2. The van der Waals surface area contributed by atoms with Gasteiger partial charge in [0, 0.05) is 61.4 Å². The third-order valence-corrected chi connectivity index (χ3v) is 11.6. The van der Waals surface area contributed by atoms with Crippen LogP contribution in [0.15, 0.2) is 21.2 Å². The summed E-state index contributed by atoms with van der Waals surface area (Å²) in [4.78, 5) is 54.7. The quantitative estimate of drug-likeness (QED) is 0.0737. The van der Waals surface area contributed by atoms with Gasteiger partial charge in [0.1, 0.15) is 0 Å². The van der Waals surface area contributed by atoms with Crippen LogP contribution in [0.1, 0.15) is 117 Å². The van der Waals surface area contributed by atoms with Gasteiger partial charge < -0.3 is 29.9 Å². The fraction of sp³-hybridized carbons (Fsp3) is 0.778. The molecule has 0 spiro atoms. The first-order valence-electron chi connectivity index (χ1n) is 18.1. The van der Waals surface area contributed by atoms with Gasteiger partial charge in [-0.1, -0.05) is 74.9 Å². The van der Waals surface area contributed by atoms with E-state index >= 15 is 0 Å². The van der Waals surface area contributed by atoms with Gasteiger partial charge in [0.2, 0.25) is 23.1 Å². The smallest absolute Gasteiger partial charge is 0.213 e. The minimum atomic E-state index is -0.101. The first-order chi connectivity index (χ1) is 23.4. The fourth-order valence-corrected chi connectivity index (χ4v) is 8.13. The van der Waals surface area contributed by atoms with Crippen molar-refractivity contribution in [2.75, 3.05) is 53.6 Å². The summed E-state index contributed by atoms with van der Waals surface area (Å²) in [5, 5.41) is 6.79. The highest BCUT2D eigenvalue weighted by molar-refractivity contribution is 8.17. The van der Waals surface area contributed by atoms with E-state index < -0.39 is 0 Å². The van der Waals surface area contributed by atoms with E-state index in [0.29, 0.717) is 39.1 Å². The lowest BCUT2D eigenvalue weighted by molar-refractivity contribution is -0.117. The highest BCUT2D eigenvalue weighted by Crippen LogP contribution is 2.30. The molecule has 0 radical (unpaired) electrons. The molecular formula is C36H62N4O6S2. The third-order valence-electron chi connectivity index (χ3n) is 9.17. The maximum Gasteiger partial charge on any atom is 0.213 e. The van der Waals surface area contributed by atoms with Crippen LogP contribution in [0.4, 0.5) is 0 Å². The second kappa shape index (κ2) is 26.2. The Kier molecular flexibility index (Phi) is 23.1. The average Bonchev–Trinajstić information content (AvgIpc) is 3.84. The van der Waals surface area contributed by atoms with Crippen LogP contribution < -0.4 is 10.6 Å². The van der Waals surface area contributed by atoms with Gasteiger partial charge in [0.15, 0.2) is 0 Å². The predicted molar refractivity (Wildman–Crippen MR) is 197 cm³/mol. The first-order valence-corrected chi connectivity index (χ1v) is 19.7. The summed E-state index contributed by atoms with van der Waals surface area (Å²) < 4.78 is 10.5. The number of amides is 2. The molecule has 0 aromatic heterocycles. The van der Waals surface area contributed by atoms with Crippen molar-refractivity contribution in [3.63, 3.8) is 0 Å². The van der Waals surface area contributed by atoms with E-state index in [9.17, 15) is 19.2 Å². The van der Waals surface area contributed by atoms with Crippen molar-refractivity contribution in [3.8, 4) is 0 Å². The summed E-state index contributed by atoms with van der Waals surface area (Å²) in [6.45, 7) is 8.00. The SMILES string of the molecule is COCC/C(SC(=O)C1CCCN1)=C(\C)N(C=O)CCCCCCCCCCCCN(C=O)/C(C)=C(/CCOC)SC(=O)C1CCCN1. The van der Waals surface area contributed by atoms with Gasteiger partial charge in [-0.05, 0) is 65.5 Å². The molecule has 2 aliphatic heterocycles. The number of methoxy groups -OCH3 is 2. The van der Waals surface area contributed by atoms with E-state index in [4.69, 9.17) is 9.47 Å². The minimum absolute atomic E-state index is 0.101. The number of carbonyl (C=O) groups excluding carboxylic acids is 4. The molecule has 12 heteroatoms. The highest BCUT2D eigenvalue weighted by atomic mass is 32.2. The number of ether oxygens (including phenoxy) is 2. The number of unbranched alkanes of at least 4 members (excludes halogenated alkanes) is 9. The molecule has 2 rings (SSSR count). The largest absolute Gasteiger partial charge is 0.384 e. The van der Waals surface area contributed by atoms with Crippen molar-refractivity contribution >= 4 is 46.6 Å². The van der Waals surface area contributed by atoms with Crippen molar-refractivity contribution in [2.45, 2.75) is 129 Å². The van der Waals surface area contributed by atoms with Gasteiger partial charge >= 0.3 is 0 Å². The van der Waals surface area contributed by atoms with Crippen LogP contribution >= 0.6 is 23.5 Å². The Morgan fingerprint density at radius 2 is 1.00 bits per heavy atom. The number of hydrogen-bond acceptors (Lipinski definition) is 10. The Morgan fingerprint density at radius 1 is 0.646 bits per heavy atom. The molecule has 0 bridgehead atoms. The number of nitrogens with one attached hydrogen (secondary N) is 2. The third kappa shape index (κ3) is 16.3. The topological polar surface area (TPSA) is 117 Å². The Hall–Kier alpha value is -1.70. The van der Waals surface area contributed by atoms with E-state index in [1.165, 1.54) is 49.2 Å². The molecule has 2 aliphatic rings. The van der Waals surface area contributed by atoms with Gasteiger partial charge in [0.25, 0.3) is 0 Å². The molecule has 2 fully saturated rings. The van der Waals surface area contributed by atoms with E-state index in [0.717, 1.165) is 111 Å². The van der Waals surface area contributed by atoms with Crippen LogP contribution in [0, 0.1) is 0 Å². The second-order valence-corrected chi connectivity index (χ2v) is 15.0. The predicted octanol–water partition coefficient (Wildman–Crippen LogP) is 6.36. The molecule has 2 saturated heterocycles. The lowest BCUT2D eigenvalue weighted by atomic mass is 10.1. The van der Waals surface area contributed by atoms with Gasteiger partial charge in [-0.2, -0.15) is 0 Å². The summed E-state index contributed by atoms with van der Waals surface area (Å²) in [6.07, 6.45) is 17.9. The molecule has 2 unspecified atom stereocenters. The molecule has 0 aromatic rings. The minimum Gasteiger partial charge on any atom is -0.384 e. The summed E-state index contributed by atoms with van der Waals surface area (Å²) in [6, 6.07) is -0.201. The summed E-state index contributed by atoms with van der Waals surface area (Å²) in [7, 11) is 3.31. The molecule has 48 heavy (non-hydrogen) atoms. The lowest BCUT2D eigenvalue weighted by Crippen LogP contribution is -2.29. The lowest BCUT2D eigenvalue weighted by Gasteiger charge is -2.22. The van der Waals surface area contributed by atoms with E-state index in [2.05, 4.69) is 10.6 Å². The molecule has 2 N–H and O–H groups in total. The van der Waals surface area contributed by atoms with Crippen LogP contribution in [0.3, 0.4) is 0 Å². The van der Waals surface area contributed by atoms with Crippen molar-refractivity contribution in [2.24, 2.45) is 0 Å². The zero-order valence-corrected chi connectivity index (χ0v) is 31.7. The summed E-state index contributed by atoms with van der Waals surface area (Å²) in [5.41, 5.74) is 1.72. The van der Waals surface area contributed by atoms with Gasteiger partial charge in [-0.3, -0.25) is 19.2 Å². The maximum absolute atomic E-state index is 12.8. The van der Waals surface area contributed by atoms with Crippen molar-refractivity contribution in [1.82, 2.24) is 20.4 Å². The first kappa shape index (κ1) is 42.5. The molecule has 0 aliphatic carbocycles. The number of hydrogen-bond donors (Lipinski definition) is 2. The zero-order valence-electron chi connectivity index (χ0n) is 30.0. The molecule has 2 atom stereocenters. The van der Waals surface area contributed by atoms with Gasteiger partial charge in [-0.25, -0.2) is 0 Å². The summed E-state index contributed by atoms with van der Waals surface area (Å²) >= 11 is 2.53. The van der Waals surface area contributed by atoms with Gasteiger partial charge in [0.05, 0.1) is 25.3 Å². The Labute approximate surface area is 298 Å². The van der Waals surface area contributed by atoms with Crippen LogP contribution in [0.5, 0.6) is 0 Å². The average molecular weight is 711 g/mol. The number of thioether (sulfide) groups is 2. The van der Waals surface area contributed by atoms with Crippen LogP contribution in [0.2, 0.25) is 0 Å². The molecular weight excluding hydrogens is 649 g/mol. The molecule has 274 valence electrons. The number of rotatable bonds is 27. The highest BCUT2D eigenvalue weighted by Gasteiger charge is 2.26. The second-order valence-electron chi connectivity index (χ2n) is 12.8. The molecule has 2 heterocycles. The van der Waals surface area contributed by atoms with Crippen LogP contribution in [0.25, 0.3) is 0 Å². The van der Waals surface area contributed by atoms with Crippen molar-refractivity contribution in [3.05, 3.63) is 21.2 Å². The Morgan fingerprint density at radius 3 is 1.29 bits per heavy atom. The van der Waals surface area contributed by atoms with Crippen LogP contribution in [-0.2, 0) is 28.7 Å². The molecule has 2 amide bonds. The monoisotopic (exact) mass is 710 g/mol. The van der Waals surface area contributed by atoms with Crippen molar-refractivity contribution < 1.29 is 28.7 Å². The molecule has 10 nitrogen and oxygen atoms in total. The molecule has 0 saturated carbocycles. The van der Waals surface area contributed by atoms with Crippen LogP contribution in [-0.4, -0.2) is 98.5 Å². The van der Waals surface area contributed by atoms with Crippen molar-refractivity contribution in [1.29, 1.82) is 0 Å². The summed E-state index contributed by atoms with van der Waals surface area (Å²) in [5.74, 6) is 0. The normalized spacial score (nSPS) is 18.8. The van der Waals surface area contributed by atoms with E-state index in [1.807, 2.05) is 13.8 Å².